The van der Waals surface area contributed by atoms with E-state index in [1.165, 1.54) is 5.56 Å². The lowest BCUT2D eigenvalue weighted by molar-refractivity contribution is 0.0648. The molecule has 0 aliphatic carbocycles. The normalized spacial score (nSPS) is 16.1. The number of likely N-dealkylation sites (tertiary alicyclic amines) is 1. The highest BCUT2D eigenvalue weighted by Gasteiger charge is 2.25. The molecule has 0 atom stereocenters. The van der Waals surface area contributed by atoms with Crippen LogP contribution in [-0.4, -0.2) is 29.1 Å². The van der Waals surface area contributed by atoms with Crippen LogP contribution in [0.5, 0.6) is 0 Å². The van der Waals surface area contributed by atoms with Crippen molar-refractivity contribution in [3.63, 3.8) is 0 Å². The zero-order valence-electron chi connectivity index (χ0n) is 12.3. The molecule has 110 valence electrons. The molecule has 1 aliphatic heterocycles. The number of amides is 1. The Morgan fingerprint density at radius 2 is 2.00 bits per heavy atom. The molecule has 0 spiro atoms. The molecule has 4 heteroatoms. The fourth-order valence-electron chi connectivity index (χ4n) is 2.91. The third-order valence-corrected chi connectivity index (χ3v) is 4.11. The van der Waals surface area contributed by atoms with E-state index < -0.39 is 0 Å². The van der Waals surface area contributed by atoms with Crippen molar-refractivity contribution in [3.8, 4) is 0 Å². The van der Waals surface area contributed by atoms with Crippen LogP contribution >= 0.6 is 0 Å². The highest BCUT2D eigenvalue weighted by Crippen LogP contribution is 2.22. The van der Waals surface area contributed by atoms with Gasteiger partial charge < -0.3 is 9.42 Å². The highest BCUT2D eigenvalue weighted by molar-refractivity contribution is 5.91. The third kappa shape index (κ3) is 3.32. The Kier molecular flexibility index (Phi) is 4.04. The van der Waals surface area contributed by atoms with Gasteiger partial charge in [-0.1, -0.05) is 35.5 Å². The minimum Gasteiger partial charge on any atom is -0.351 e. The average Bonchev–Trinajstić information content (AvgIpc) is 2.95. The molecule has 1 amide bonds. The van der Waals surface area contributed by atoms with E-state index >= 15 is 0 Å². The lowest BCUT2D eigenvalue weighted by atomic mass is 9.90. The molecule has 1 aliphatic rings. The van der Waals surface area contributed by atoms with Crippen LogP contribution in [-0.2, 0) is 6.42 Å². The maximum absolute atomic E-state index is 12.3. The minimum absolute atomic E-state index is 0.0336. The van der Waals surface area contributed by atoms with Crippen LogP contribution in [0.25, 0.3) is 0 Å². The molecule has 1 aromatic heterocycles. The van der Waals surface area contributed by atoms with Gasteiger partial charge in [-0.05, 0) is 37.7 Å². The Balaban J connectivity index is 1.54. The third-order valence-electron chi connectivity index (χ3n) is 4.11. The quantitative estimate of drug-likeness (QED) is 0.870. The molecule has 0 unspecified atom stereocenters. The number of hydrogen-bond donors (Lipinski definition) is 0. The minimum atomic E-state index is -0.0336. The van der Waals surface area contributed by atoms with Crippen molar-refractivity contribution in [2.24, 2.45) is 5.92 Å². The van der Waals surface area contributed by atoms with E-state index in [0.29, 0.717) is 11.7 Å². The van der Waals surface area contributed by atoms with Gasteiger partial charge >= 0.3 is 0 Å². The van der Waals surface area contributed by atoms with Gasteiger partial charge in [0.05, 0.1) is 5.69 Å². The van der Waals surface area contributed by atoms with E-state index in [1.807, 2.05) is 17.9 Å². The van der Waals surface area contributed by atoms with E-state index in [-0.39, 0.29) is 5.91 Å². The summed E-state index contributed by atoms with van der Waals surface area (Å²) in [6, 6.07) is 12.3. The van der Waals surface area contributed by atoms with Gasteiger partial charge in [0.1, 0.15) is 0 Å². The van der Waals surface area contributed by atoms with Crippen molar-refractivity contribution >= 4 is 5.91 Å². The number of carbonyl (C=O) groups is 1. The summed E-state index contributed by atoms with van der Waals surface area (Å²) in [4.78, 5) is 14.1. The van der Waals surface area contributed by atoms with E-state index in [4.69, 9.17) is 4.52 Å². The smallest absolute Gasteiger partial charge is 0.292 e. The SMILES string of the molecule is Cc1cc(C(=O)N2CCC(Cc3ccccc3)CC2)on1. The summed E-state index contributed by atoms with van der Waals surface area (Å²) in [5.41, 5.74) is 2.13. The predicted octanol–water partition coefficient (Wildman–Crippen LogP) is 3.08. The van der Waals surface area contributed by atoms with Crippen LogP contribution in [0.1, 0.15) is 34.7 Å². The zero-order valence-corrected chi connectivity index (χ0v) is 12.3. The van der Waals surface area contributed by atoms with Gasteiger partial charge in [0.2, 0.25) is 5.76 Å². The van der Waals surface area contributed by atoms with Gasteiger partial charge in [-0.25, -0.2) is 0 Å². The van der Waals surface area contributed by atoms with Gasteiger partial charge in [-0.15, -0.1) is 0 Å². The molecule has 1 fully saturated rings. The molecular formula is C17H20N2O2. The van der Waals surface area contributed by atoms with Crippen molar-refractivity contribution in [1.82, 2.24) is 10.1 Å². The van der Waals surface area contributed by atoms with E-state index in [2.05, 4.69) is 29.4 Å². The first-order chi connectivity index (χ1) is 10.2. The second-order valence-corrected chi connectivity index (χ2v) is 5.76. The highest BCUT2D eigenvalue weighted by atomic mass is 16.5. The molecule has 0 bridgehead atoms. The number of piperidine rings is 1. The lowest BCUT2D eigenvalue weighted by Gasteiger charge is -2.31. The zero-order chi connectivity index (χ0) is 14.7. The van der Waals surface area contributed by atoms with Crippen molar-refractivity contribution < 1.29 is 9.32 Å². The second-order valence-electron chi connectivity index (χ2n) is 5.76. The monoisotopic (exact) mass is 284 g/mol. The Morgan fingerprint density at radius 3 is 2.62 bits per heavy atom. The van der Waals surface area contributed by atoms with E-state index in [1.54, 1.807) is 6.07 Å². The summed E-state index contributed by atoms with van der Waals surface area (Å²) < 4.78 is 5.06. The number of aryl methyl sites for hydroxylation is 1. The molecule has 0 radical (unpaired) electrons. The summed E-state index contributed by atoms with van der Waals surface area (Å²) in [5.74, 6) is 0.982. The molecule has 2 aromatic rings. The van der Waals surface area contributed by atoms with Gasteiger partial charge in [-0.2, -0.15) is 0 Å². The molecule has 0 saturated carbocycles. The molecule has 2 heterocycles. The van der Waals surface area contributed by atoms with Crippen LogP contribution in [0.15, 0.2) is 40.9 Å². The lowest BCUT2D eigenvalue weighted by Crippen LogP contribution is -2.38. The fourth-order valence-corrected chi connectivity index (χ4v) is 2.91. The number of rotatable bonds is 3. The average molecular weight is 284 g/mol. The van der Waals surface area contributed by atoms with Gasteiger partial charge in [0.15, 0.2) is 0 Å². The summed E-state index contributed by atoms with van der Waals surface area (Å²) in [5, 5.41) is 3.78. The Bertz CT molecular complexity index is 598. The Hall–Kier alpha value is -2.10. The molecule has 0 N–H and O–H groups in total. The van der Waals surface area contributed by atoms with Crippen molar-refractivity contribution in [2.75, 3.05) is 13.1 Å². The van der Waals surface area contributed by atoms with Crippen LogP contribution in [0, 0.1) is 12.8 Å². The molecule has 21 heavy (non-hydrogen) atoms. The standard InChI is InChI=1S/C17H20N2O2/c1-13-11-16(21-18-13)17(20)19-9-7-15(8-10-19)12-14-5-3-2-4-6-14/h2-6,11,15H,7-10,12H2,1H3. The number of benzene rings is 1. The first-order valence-electron chi connectivity index (χ1n) is 7.49. The summed E-state index contributed by atoms with van der Waals surface area (Å²) in [6.07, 6.45) is 3.20. The predicted molar refractivity (Wildman–Crippen MR) is 80.0 cm³/mol. The van der Waals surface area contributed by atoms with Gasteiger partial charge in [-0.3, -0.25) is 4.79 Å². The van der Waals surface area contributed by atoms with Crippen LogP contribution < -0.4 is 0 Å². The molecular weight excluding hydrogens is 264 g/mol. The number of hydrogen-bond acceptors (Lipinski definition) is 3. The van der Waals surface area contributed by atoms with Crippen LogP contribution in [0.2, 0.25) is 0 Å². The summed E-state index contributed by atoms with van der Waals surface area (Å²) >= 11 is 0. The van der Waals surface area contributed by atoms with Crippen molar-refractivity contribution in [2.45, 2.75) is 26.2 Å². The first-order valence-corrected chi connectivity index (χ1v) is 7.49. The fraction of sp³-hybridized carbons (Fsp3) is 0.412. The summed E-state index contributed by atoms with van der Waals surface area (Å²) in [7, 11) is 0. The first kappa shape index (κ1) is 13.9. The van der Waals surface area contributed by atoms with Crippen LogP contribution in [0.4, 0.5) is 0 Å². The van der Waals surface area contributed by atoms with Gasteiger partial charge in [0, 0.05) is 19.2 Å². The molecule has 1 saturated heterocycles. The Labute approximate surface area is 124 Å². The maximum atomic E-state index is 12.3. The second kappa shape index (κ2) is 6.12. The van der Waals surface area contributed by atoms with Gasteiger partial charge in [0.25, 0.3) is 5.91 Å². The molecule has 4 nitrogen and oxygen atoms in total. The van der Waals surface area contributed by atoms with Crippen LogP contribution in [0.3, 0.4) is 0 Å². The number of nitrogens with zero attached hydrogens (tertiary/aromatic N) is 2. The van der Waals surface area contributed by atoms with Crippen molar-refractivity contribution in [1.29, 1.82) is 0 Å². The largest absolute Gasteiger partial charge is 0.351 e. The van der Waals surface area contributed by atoms with E-state index in [0.717, 1.165) is 38.0 Å². The maximum Gasteiger partial charge on any atom is 0.292 e. The van der Waals surface area contributed by atoms with E-state index in [9.17, 15) is 4.79 Å². The number of aromatic nitrogens is 1. The molecule has 1 aromatic carbocycles. The topological polar surface area (TPSA) is 46.3 Å². The van der Waals surface area contributed by atoms with Crippen molar-refractivity contribution in [3.05, 3.63) is 53.4 Å². The molecule has 3 rings (SSSR count). The number of carbonyl (C=O) groups excluding carboxylic acids is 1. The Morgan fingerprint density at radius 1 is 1.29 bits per heavy atom. The summed E-state index contributed by atoms with van der Waals surface area (Å²) in [6.45, 7) is 3.43.